The van der Waals surface area contributed by atoms with Crippen LogP contribution in [0.5, 0.6) is 0 Å². The number of aliphatic carboxylic acids is 1. The summed E-state index contributed by atoms with van der Waals surface area (Å²) in [6.07, 6.45) is 0.869. The first-order valence-corrected chi connectivity index (χ1v) is 7.34. The van der Waals surface area contributed by atoms with E-state index in [4.69, 9.17) is 5.11 Å². The maximum absolute atomic E-state index is 10.8. The van der Waals surface area contributed by atoms with Gasteiger partial charge in [-0.05, 0) is 41.4 Å². The van der Waals surface area contributed by atoms with Crippen LogP contribution >= 0.6 is 15.9 Å². The van der Waals surface area contributed by atoms with Gasteiger partial charge in [0.25, 0.3) is 0 Å². The Morgan fingerprint density at radius 2 is 2.21 bits per heavy atom. The molecule has 0 radical (unpaired) electrons. The molecule has 1 heterocycles. The monoisotopic (exact) mass is 326 g/mol. The Bertz CT molecular complexity index is 453. The number of carboxylic acids is 1. The second-order valence-electron chi connectivity index (χ2n) is 4.95. The summed E-state index contributed by atoms with van der Waals surface area (Å²) < 4.78 is 1.06. The van der Waals surface area contributed by atoms with E-state index in [-0.39, 0.29) is 12.5 Å². The van der Waals surface area contributed by atoms with Crippen molar-refractivity contribution in [1.82, 2.24) is 5.32 Å². The van der Waals surface area contributed by atoms with E-state index in [2.05, 4.69) is 39.1 Å². The molecule has 1 aliphatic heterocycles. The van der Waals surface area contributed by atoms with Gasteiger partial charge in [-0.25, -0.2) is 0 Å². The second-order valence-corrected chi connectivity index (χ2v) is 5.81. The van der Waals surface area contributed by atoms with Crippen molar-refractivity contribution in [2.45, 2.75) is 31.8 Å². The summed E-state index contributed by atoms with van der Waals surface area (Å²) in [6, 6.07) is 8.69. The molecule has 1 fully saturated rings. The molecule has 19 heavy (non-hydrogen) atoms. The van der Waals surface area contributed by atoms with Gasteiger partial charge >= 0.3 is 5.97 Å². The third-order valence-electron chi connectivity index (χ3n) is 3.51. The summed E-state index contributed by atoms with van der Waals surface area (Å²) in [4.78, 5) is 13.1. The molecule has 2 unspecified atom stereocenters. The van der Waals surface area contributed by atoms with Crippen molar-refractivity contribution in [2.24, 2.45) is 0 Å². The molecular formula is C14H19BrN2O2. The number of hydrogen-bond donors (Lipinski definition) is 2. The summed E-state index contributed by atoms with van der Waals surface area (Å²) >= 11 is 3.59. The minimum Gasteiger partial charge on any atom is -0.481 e. The molecule has 0 spiro atoms. The van der Waals surface area contributed by atoms with Gasteiger partial charge in [-0.15, -0.1) is 0 Å². The first kappa shape index (κ1) is 14.3. The predicted octanol–water partition coefficient (Wildman–Crippen LogP) is 2.48. The highest BCUT2D eigenvalue weighted by atomic mass is 79.9. The molecule has 1 saturated heterocycles. The Kier molecular flexibility index (Phi) is 4.82. The van der Waals surface area contributed by atoms with Crippen molar-refractivity contribution >= 4 is 27.6 Å². The Labute approximate surface area is 121 Å². The zero-order chi connectivity index (χ0) is 13.8. The summed E-state index contributed by atoms with van der Waals surface area (Å²) in [5.41, 5.74) is 1.15. The largest absolute Gasteiger partial charge is 0.481 e. The zero-order valence-electron chi connectivity index (χ0n) is 11.0. The zero-order valence-corrected chi connectivity index (χ0v) is 12.6. The van der Waals surface area contributed by atoms with Crippen molar-refractivity contribution in [3.05, 3.63) is 28.7 Å². The maximum Gasteiger partial charge on any atom is 0.303 e. The summed E-state index contributed by atoms with van der Waals surface area (Å²) in [6.45, 7) is 3.92. The highest BCUT2D eigenvalue weighted by molar-refractivity contribution is 9.10. The average Bonchev–Trinajstić information content (AvgIpc) is 2.37. The van der Waals surface area contributed by atoms with E-state index >= 15 is 0 Å². The van der Waals surface area contributed by atoms with Crippen LogP contribution in [-0.2, 0) is 4.79 Å². The summed E-state index contributed by atoms with van der Waals surface area (Å²) in [7, 11) is 0. The van der Waals surface area contributed by atoms with Crippen molar-refractivity contribution < 1.29 is 9.90 Å². The van der Waals surface area contributed by atoms with E-state index < -0.39 is 5.97 Å². The van der Waals surface area contributed by atoms with Crippen molar-refractivity contribution in [1.29, 1.82) is 0 Å². The summed E-state index contributed by atoms with van der Waals surface area (Å²) in [5, 5.41) is 12.3. The quantitative estimate of drug-likeness (QED) is 0.892. The van der Waals surface area contributed by atoms with Crippen LogP contribution in [0.15, 0.2) is 28.7 Å². The molecule has 0 amide bonds. The van der Waals surface area contributed by atoms with Gasteiger partial charge in [0.15, 0.2) is 0 Å². The summed E-state index contributed by atoms with van der Waals surface area (Å²) in [5.74, 6) is -0.731. The van der Waals surface area contributed by atoms with Gasteiger partial charge in [-0.1, -0.05) is 12.1 Å². The number of benzene rings is 1. The van der Waals surface area contributed by atoms with Crippen molar-refractivity contribution in [2.75, 3.05) is 18.0 Å². The van der Waals surface area contributed by atoms with Gasteiger partial charge in [0, 0.05) is 36.1 Å². The van der Waals surface area contributed by atoms with Gasteiger partial charge in [-0.2, -0.15) is 0 Å². The maximum atomic E-state index is 10.8. The molecule has 1 aliphatic rings. The van der Waals surface area contributed by atoms with Crippen LogP contribution in [0, 0.1) is 0 Å². The van der Waals surface area contributed by atoms with Crippen LogP contribution in [0.1, 0.15) is 19.8 Å². The molecule has 1 aromatic rings. The molecule has 4 nitrogen and oxygen atoms in total. The topological polar surface area (TPSA) is 52.6 Å². The molecule has 0 saturated carbocycles. The number of hydrogen-bond acceptors (Lipinski definition) is 3. The number of carboxylic acid groups (broad SMARTS) is 1. The van der Waals surface area contributed by atoms with Crippen LogP contribution in [0.3, 0.4) is 0 Å². The first-order chi connectivity index (χ1) is 9.09. The van der Waals surface area contributed by atoms with Crippen molar-refractivity contribution in [3.63, 3.8) is 0 Å². The highest BCUT2D eigenvalue weighted by Gasteiger charge is 2.29. The van der Waals surface area contributed by atoms with Crippen LogP contribution in [0.25, 0.3) is 0 Å². The molecule has 2 atom stereocenters. The fraction of sp³-hybridized carbons (Fsp3) is 0.500. The van der Waals surface area contributed by atoms with Crippen LogP contribution in [0.4, 0.5) is 5.69 Å². The molecule has 1 aromatic carbocycles. The van der Waals surface area contributed by atoms with E-state index in [1.54, 1.807) is 0 Å². The standard InChI is InChI=1S/C14H19BrN2O2/c1-10-8-16-9-11(6-7-14(18)19)17(10)13-5-3-2-4-12(13)15/h2-5,10-11,16H,6-9H2,1H3,(H,18,19). The van der Waals surface area contributed by atoms with E-state index in [1.807, 2.05) is 18.2 Å². The predicted molar refractivity (Wildman–Crippen MR) is 79.6 cm³/mol. The average molecular weight is 327 g/mol. The van der Waals surface area contributed by atoms with Gasteiger partial charge in [0.1, 0.15) is 0 Å². The molecule has 0 aromatic heterocycles. The number of rotatable bonds is 4. The number of halogens is 1. The van der Waals surface area contributed by atoms with Gasteiger partial charge in [0.05, 0.1) is 5.69 Å². The number of nitrogens with zero attached hydrogens (tertiary/aromatic N) is 1. The lowest BCUT2D eigenvalue weighted by Gasteiger charge is -2.43. The smallest absolute Gasteiger partial charge is 0.303 e. The lowest BCUT2D eigenvalue weighted by Crippen LogP contribution is -2.56. The molecule has 0 aliphatic carbocycles. The Balaban J connectivity index is 2.21. The molecule has 104 valence electrons. The molecule has 5 heteroatoms. The molecular weight excluding hydrogens is 308 g/mol. The first-order valence-electron chi connectivity index (χ1n) is 6.55. The van der Waals surface area contributed by atoms with Crippen LogP contribution < -0.4 is 10.2 Å². The second kappa shape index (κ2) is 6.39. The Hall–Kier alpha value is -1.07. The van der Waals surface area contributed by atoms with E-state index in [1.165, 1.54) is 0 Å². The lowest BCUT2D eigenvalue weighted by atomic mass is 10.0. The van der Waals surface area contributed by atoms with Gasteiger partial charge in [0.2, 0.25) is 0 Å². The Morgan fingerprint density at radius 3 is 2.89 bits per heavy atom. The third-order valence-corrected chi connectivity index (χ3v) is 4.18. The minimum atomic E-state index is -0.731. The highest BCUT2D eigenvalue weighted by Crippen LogP contribution is 2.31. The number of piperazine rings is 1. The van der Waals surface area contributed by atoms with E-state index in [9.17, 15) is 4.79 Å². The molecule has 0 bridgehead atoms. The normalized spacial score (nSPS) is 23.4. The Morgan fingerprint density at radius 1 is 1.47 bits per heavy atom. The number of anilines is 1. The van der Waals surface area contributed by atoms with Crippen LogP contribution in [-0.4, -0.2) is 36.2 Å². The van der Waals surface area contributed by atoms with E-state index in [0.717, 1.165) is 23.2 Å². The number of para-hydroxylation sites is 1. The molecule has 2 rings (SSSR count). The van der Waals surface area contributed by atoms with E-state index in [0.29, 0.717) is 12.5 Å². The van der Waals surface area contributed by atoms with Gasteiger partial charge in [-0.3, -0.25) is 4.79 Å². The van der Waals surface area contributed by atoms with Gasteiger partial charge < -0.3 is 15.3 Å². The SMILES string of the molecule is CC1CNCC(CCC(=O)O)N1c1ccccc1Br. The number of carbonyl (C=O) groups is 1. The molecule has 2 N–H and O–H groups in total. The minimum absolute atomic E-state index is 0.208. The fourth-order valence-electron chi connectivity index (χ4n) is 2.64. The number of nitrogens with one attached hydrogen (secondary N) is 1. The lowest BCUT2D eigenvalue weighted by molar-refractivity contribution is -0.137. The van der Waals surface area contributed by atoms with Crippen molar-refractivity contribution in [3.8, 4) is 0 Å². The van der Waals surface area contributed by atoms with Crippen LogP contribution in [0.2, 0.25) is 0 Å². The third kappa shape index (κ3) is 3.48. The fourth-order valence-corrected chi connectivity index (χ4v) is 3.13.